The van der Waals surface area contributed by atoms with Gasteiger partial charge in [0, 0.05) is 28.8 Å². The summed E-state index contributed by atoms with van der Waals surface area (Å²) in [5.74, 6) is 6.63. The molecule has 3 atom stereocenters. The van der Waals surface area contributed by atoms with Crippen molar-refractivity contribution in [2.45, 2.75) is 70.6 Å². The Labute approximate surface area is 157 Å². The van der Waals surface area contributed by atoms with Crippen molar-refractivity contribution in [2.24, 2.45) is 0 Å². The lowest BCUT2D eigenvalue weighted by molar-refractivity contribution is -0.146. The van der Waals surface area contributed by atoms with Gasteiger partial charge in [0.25, 0.3) is 0 Å². The molecule has 1 spiro atoms. The highest BCUT2D eigenvalue weighted by atomic mass is 16.6. The Morgan fingerprint density at radius 3 is 2.81 bits per heavy atom. The van der Waals surface area contributed by atoms with E-state index in [0.717, 1.165) is 56.6 Å². The predicted octanol–water partition coefficient (Wildman–Crippen LogP) is 2.90. The van der Waals surface area contributed by atoms with E-state index in [2.05, 4.69) is 42.4 Å². The Morgan fingerprint density at radius 1 is 1.31 bits per heavy atom. The van der Waals surface area contributed by atoms with Gasteiger partial charge in [0.1, 0.15) is 0 Å². The number of carbonyl (C=O) groups is 1. The maximum Gasteiger partial charge on any atom is 0.332 e. The summed E-state index contributed by atoms with van der Waals surface area (Å²) in [6, 6.07) is 0.649. The molecule has 0 aromatic rings. The van der Waals surface area contributed by atoms with E-state index in [4.69, 9.17) is 4.74 Å². The van der Waals surface area contributed by atoms with Gasteiger partial charge in [-0.1, -0.05) is 32.1 Å². The zero-order valence-corrected chi connectivity index (χ0v) is 16.3. The van der Waals surface area contributed by atoms with E-state index in [-0.39, 0.29) is 5.97 Å². The lowest BCUT2D eigenvalue weighted by atomic mass is 9.65. The van der Waals surface area contributed by atoms with Gasteiger partial charge >= 0.3 is 5.97 Å². The summed E-state index contributed by atoms with van der Waals surface area (Å²) in [7, 11) is 0. The quantitative estimate of drug-likeness (QED) is 0.561. The number of esters is 1. The maximum atomic E-state index is 12.1. The average molecular weight is 354 g/mol. The molecule has 0 amide bonds. The minimum Gasteiger partial charge on any atom is -0.445 e. The van der Waals surface area contributed by atoms with Crippen LogP contribution in [0.15, 0.2) is 22.8 Å². The predicted molar refractivity (Wildman–Crippen MR) is 103 cm³/mol. The molecule has 0 N–H and O–H groups in total. The summed E-state index contributed by atoms with van der Waals surface area (Å²) in [6.07, 6.45) is 7.58. The Bertz CT molecular complexity index is 720. The summed E-state index contributed by atoms with van der Waals surface area (Å²) in [5.41, 5.74) is 2.95. The second kappa shape index (κ2) is 6.87. The van der Waals surface area contributed by atoms with Gasteiger partial charge in [-0.05, 0) is 52.2 Å². The van der Waals surface area contributed by atoms with E-state index in [1.54, 1.807) is 6.08 Å². The van der Waals surface area contributed by atoms with Crippen LogP contribution in [0.25, 0.3) is 0 Å². The van der Waals surface area contributed by atoms with Gasteiger partial charge in [0.15, 0.2) is 5.60 Å². The third kappa shape index (κ3) is 2.48. The summed E-state index contributed by atoms with van der Waals surface area (Å²) in [4.78, 5) is 17.1. The van der Waals surface area contributed by atoms with E-state index in [1.807, 2.05) is 0 Å². The van der Waals surface area contributed by atoms with Gasteiger partial charge < -0.3 is 4.74 Å². The first-order valence-electron chi connectivity index (χ1n) is 10.3. The van der Waals surface area contributed by atoms with Crippen LogP contribution in [-0.2, 0) is 9.53 Å². The van der Waals surface area contributed by atoms with Crippen molar-refractivity contribution >= 4 is 5.97 Å². The van der Waals surface area contributed by atoms with Crippen molar-refractivity contribution in [3.05, 3.63) is 22.8 Å². The number of rotatable bonds is 5. The number of hydrogen-bond donors (Lipinski definition) is 0. The summed E-state index contributed by atoms with van der Waals surface area (Å²) < 4.78 is 5.94. The fraction of sp³-hybridized carbons (Fsp3) is 0.682. The highest BCUT2D eigenvalue weighted by Crippen LogP contribution is 2.60. The minimum absolute atomic E-state index is 0.187. The second-order valence-electron chi connectivity index (χ2n) is 8.01. The average Bonchev–Trinajstić information content (AvgIpc) is 3.03. The number of ether oxygens (including phenoxy) is 1. The third-order valence-electron chi connectivity index (χ3n) is 6.39. The molecule has 4 nitrogen and oxygen atoms in total. The van der Waals surface area contributed by atoms with E-state index in [1.165, 1.54) is 18.4 Å². The van der Waals surface area contributed by atoms with Crippen molar-refractivity contribution in [2.75, 3.05) is 26.2 Å². The lowest BCUT2D eigenvalue weighted by Crippen LogP contribution is -2.52. The standard InChI is InChI=1S/C22H30N2O2/c1-4-11-23(12-5-2)13-8-9-17-18-15-20(25)26-22(18)19-10-6-7-14-24(19)16(3)21(17)22/h15-16,19H,4-7,10-14H2,1-3H3/t16-,19?,22-/m0/s1. The highest BCUT2D eigenvalue weighted by molar-refractivity contribution is 5.94. The molecule has 3 aliphatic heterocycles. The number of carbonyl (C=O) groups excluding carboxylic acids is 1. The second-order valence-corrected chi connectivity index (χ2v) is 8.01. The first-order chi connectivity index (χ1) is 12.6. The fourth-order valence-corrected chi connectivity index (χ4v) is 5.44. The molecule has 0 radical (unpaired) electrons. The molecule has 0 bridgehead atoms. The lowest BCUT2D eigenvalue weighted by Gasteiger charge is -2.43. The Balaban J connectivity index is 1.62. The highest BCUT2D eigenvalue weighted by Gasteiger charge is 2.68. The molecular weight excluding hydrogens is 324 g/mol. The molecule has 2 fully saturated rings. The number of fused-ring (bicyclic) bond motifs is 1. The Hall–Kier alpha value is -1.57. The van der Waals surface area contributed by atoms with Crippen LogP contribution in [0.4, 0.5) is 0 Å². The van der Waals surface area contributed by atoms with Crippen LogP contribution < -0.4 is 0 Å². The van der Waals surface area contributed by atoms with Gasteiger partial charge in [-0.15, -0.1) is 0 Å². The van der Waals surface area contributed by atoms with E-state index >= 15 is 0 Å². The van der Waals surface area contributed by atoms with Crippen molar-refractivity contribution in [3.63, 3.8) is 0 Å². The van der Waals surface area contributed by atoms with Crippen molar-refractivity contribution < 1.29 is 9.53 Å². The van der Waals surface area contributed by atoms with Crippen molar-refractivity contribution in [3.8, 4) is 11.8 Å². The molecule has 4 aliphatic rings. The molecule has 0 aromatic heterocycles. The first kappa shape index (κ1) is 17.8. The van der Waals surface area contributed by atoms with Crippen molar-refractivity contribution in [1.29, 1.82) is 0 Å². The molecule has 1 aliphatic carbocycles. The third-order valence-corrected chi connectivity index (χ3v) is 6.39. The zero-order valence-electron chi connectivity index (χ0n) is 16.3. The number of piperidine rings is 1. The van der Waals surface area contributed by atoms with E-state index in [9.17, 15) is 4.79 Å². The van der Waals surface area contributed by atoms with Crippen LogP contribution in [0, 0.1) is 11.8 Å². The van der Waals surface area contributed by atoms with Crippen LogP contribution in [0.5, 0.6) is 0 Å². The molecule has 0 saturated carbocycles. The van der Waals surface area contributed by atoms with Crippen LogP contribution in [0.3, 0.4) is 0 Å². The summed E-state index contributed by atoms with van der Waals surface area (Å²) >= 11 is 0. The topological polar surface area (TPSA) is 32.8 Å². The van der Waals surface area contributed by atoms with Crippen LogP contribution in [0.1, 0.15) is 52.9 Å². The van der Waals surface area contributed by atoms with E-state index in [0.29, 0.717) is 12.1 Å². The first-order valence-corrected chi connectivity index (χ1v) is 10.3. The van der Waals surface area contributed by atoms with Gasteiger partial charge in [-0.25, -0.2) is 4.79 Å². The molecule has 2 saturated heterocycles. The summed E-state index contributed by atoms with van der Waals surface area (Å²) in [5, 5.41) is 0. The molecule has 140 valence electrons. The van der Waals surface area contributed by atoms with Gasteiger partial charge in [-0.2, -0.15) is 0 Å². The molecule has 0 aromatic carbocycles. The fourth-order valence-electron chi connectivity index (χ4n) is 5.44. The summed E-state index contributed by atoms with van der Waals surface area (Å²) in [6.45, 7) is 10.8. The van der Waals surface area contributed by atoms with Gasteiger partial charge in [0.05, 0.1) is 12.6 Å². The Kier molecular flexibility index (Phi) is 4.71. The molecule has 4 heteroatoms. The molecule has 4 rings (SSSR count). The largest absolute Gasteiger partial charge is 0.445 e. The van der Waals surface area contributed by atoms with E-state index < -0.39 is 5.60 Å². The monoisotopic (exact) mass is 354 g/mol. The van der Waals surface area contributed by atoms with Crippen LogP contribution >= 0.6 is 0 Å². The molecule has 1 unspecified atom stereocenters. The van der Waals surface area contributed by atoms with Gasteiger partial charge in [-0.3, -0.25) is 9.80 Å². The zero-order chi connectivity index (χ0) is 18.3. The normalized spacial score (nSPS) is 32.3. The minimum atomic E-state index is -0.465. The smallest absolute Gasteiger partial charge is 0.332 e. The van der Waals surface area contributed by atoms with Gasteiger partial charge in [0.2, 0.25) is 0 Å². The Morgan fingerprint density at radius 2 is 2.08 bits per heavy atom. The van der Waals surface area contributed by atoms with Crippen LogP contribution in [-0.4, -0.2) is 59.6 Å². The number of hydrogen-bond acceptors (Lipinski definition) is 4. The number of nitrogens with zero attached hydrogens (tertiary/aromatic N) is 2. The van der Waals surface area contributed by atoms with Crippen molar-refractivity contribution in [1.82, 2.24) is 9.80 Å². The molecule has 26 heavy (non-hydrogen) atoms. The SMILES string of the molecule is CCCN(CC#CC1=C2[C@H](C)N3CCCCC3[C@]23OC(=O)C=C13)CCC. The van der Waals surface area contributed by atoms with Crippen LogP contribution in [0.2, 0.25) is 0 Å². The molecular formula is C22H30N2O2. The molecule has 3 heterocycles. The maximum absolute atomic E-state index is 12.1.